The Morgan fingerprint density at radius 1 is 1.23 bits per heavy atom. The van der Waals surface area contributed by atoms with Crippen molar-refractivity contribution < 1.29 is 13.6 Å². The Bertz CT molecular complexity index is 840. The van der Waals surface area contributed by atoms with Gasteiger partial charge < -0.3 is 9.73 Å². The molecule has 0 saturated heterocycles. The van der Waals surface area contributed by atoms with Gasteiger partial charge in [-0.3, -0.25) is 4.79 Å². The molecule has 3 rings (SSSR count). The van der Waals surface area contributed by atoms with Crippen LogP contribution in [0.25, 0.3) is 11.1 Å². The molecule has 0 radical (unpaired) electrons. The fraction of sp³-hybridized carbons (Fsp3) is 0.176. The molecule has 2 aromatic carbocycles. The molecule has 0 aliphatic rings. The van der Waals surface area contributed by atoms with Gasteiger partial charge >= 0.3 is 0 Å². The molecule has 0 fully saturated rings. The van der Waals surface area contributed by atoms with Crippen molar-refractivity contribution in [3.8, 4) is 0 Å². The van der Waals surface area contributed by atoms with E-state index in [1.54, 1.807) is 24.3 Å². The lowest BCUT2D eigenvalue weighted by Gasteiger charge is -2.04. The molecular formula is C17H15FN2O2. The lowest BCUT2D eigenvalue weighted by Crippen LogP contribution is -2.11. The van der Waals surface area contributed by atoms with Crippen molar-refractivity contribution in [3.05, 3.63) is 59.7 Å². The second-order valence-electron chi connectivity index (χ2n) is 5.35. The summed E-state index contributed by atoms with van der Waals surface area (Å²) in [5.41, 5.74) is 2.20. The van der Waals surface area contributed by atoms with Crippen LogP contribution in [0.1, 0.15) is 36.0 Å². The molecule has 22 heavy (non-hydrogen) atoms. The second-order valence-corrected chi connectivity index (χ2v) is 5.35. The number of hydrogen-bond acceptors (Lipinski definition) is 3. The van der Waals surface area contributed by atoms with Crippen LogP contribution in [0.3, 0.4) is 0 Å². The molecule has 112 valence electrons. The van der Waals surface area contributed by atoms with Crippen LogP contribution in [0.2, 0.25) is 0 Å². The summed E-state index contributed by atoms with van der Waals surface area (Å²) in [5.74, 6) is 0.0312. The number of benzene rings is 2. The highest BCUT2D eigenvalue weighted by molar-refractivity contribution is 6.04. The van der Waals surface area contributed by atoms with Crippen molar-refractivity contribution in [2.75, 3.05) is 5.32 Å². The average Bonchev–Trinajstić information content (AvgIpc) is 2.90. The zero-order chi connectivity index (χ0) is 15.7. The number of aromatic nitrogens is 1. The third-order valence-electron chi connectivity index (χ3n) is 3.24. The number of anilines is 1. The Morgan fingerprint density at radius 2 is 2.05 bits per heavy atom. The molecule has 3 aromatic rings. The van der Waals surface area contributed by atoms with E-state index in [2.05, 4.69) is 10.3 Å². The molecule has 1 amide bonds. The summed E-state index contributed by atoms with van der Waals surface area (Å²) < 4.78 is 18.8. The predicted molar refractivity (Wildman–Crippen MR) is 82.5 cm³/mol. The van der Waals surface area contributed by atoms with E-state index in [-0.39, 0.29) is 17.4 Å². The Kier molecular flexibility index (Phi) is 3.63. The summed E-state index contributed by atoms with van der Waals surface area (Å²) in [7, 11) is 0. The van der Waals surface area contributed by atoms with Crippen LogP contribution in [0, 0.1) is 5.82 Å². The van der Waals surface area contributed by atoms with Crippen molar-refractivity contribution in [2.45, 2.75) is 19.8 Å². The Morgan fingerprint density at radius 3 is 2.77 bits per heavy atom. The van der Waals surface area contributed by atoms with E-state index in [4.69, 9.17) is 4.42 Å². The van der Waals surface area contributed by atoms with Crippen LogP contribution in [0.15, 0.2) is 46.9 Å². The van der Waals surface area contributed by atoms with Crippen LogP contribution in [-0.4, -0.2) is 10.9 Å². The molecule has 0 aliphatic heterocycles. The molecule has 5 heteroatoms. The number of rotatable bonds is 3. The van der Waals surface area contributed by atoms with Gasteiger partial charge in [0.25, 0.3) is 5.91 Å². The van der Waals surface area contributed by atoms with E-state index < -0.39 is 5.82 Å². The van der Waals surface area contributed by atoms with Crippen molar-refractivity contribution in [2.24, 2.45) is 0 Å². The van der Waals surface area contributed by atoms with Gasteiger partial charge in [0.05, 0.1) is 0 Å². The molecular weight excluding hydrogens is 283 g/mol. The molecule has 1 heterocycles. The molecule has 0 bridgehead atoms. The van der Waals surface area contributed by atoms with E-state index in [1.165, 1.54) is 18.2 Å². The molecule has 4 nitrogen and oxygen atoms in total. The minimum atomic E-state index is -0.445. The van der Waals surface area contributed by atoms with Gasteiger partial charge in [0.2, 0.25) is 0 Å². The molecule has 0 saturated carbocycles. The average molecular weight is 298 g/mol. The highest BCUT2D eigenvalue weighted by atomic mass is 19.1. The zero-order valence-electron chi connectivity index (χ0n) is 12.3. The van der Waals surface area contributed by atoms with Gasteiger partial charge in [-0.2, -0.15) is 0 Å². The third-order valence-corrected chi connectivity index (χ3v) is 3.24. The fourth-order valence-electron chi connectivity index (χ4n) is 2.10. The molecule has 1 aromatic heterocycles. The van der Waals surface area contributed by atoms with Crippen molar-refractivity contribution in [1.29, 1.82) is 0 Å². The molecule has 0 unspecified atom stereocenters. The minimum absolute atomic E-state index is 0.192. The minimum Gasteiger partial charge on any atom is -0.440 e. The first-order valence-corrected chi connectivity index (χ1v) is 7.00. The molecule has 0 aliphatic carbocycles. The normalized spacial score (nSPS) is 11.1. The lowest BCUT2D eigenvalue weighted by atomic mass is 10.2. The van der Waals surface area contributed by atoms with Gasteiger partial charge in [-0.25, -0.2) is 9.37 Å². The number of carbonyl (C=O) groups excluding carboxylic acids is 1. The van der Waals surface area contributed by atoms with Crippen LogP contribution >= 0.6 is 0 Å². The van der Waals surface area contributed by atoms with Gasteiger partial charge in [-0.05, 0) is 30.3 Å². The number of amides is 1. The van der Waals surface area contributed by atoms with Crippen LogP contribution in [0.4, 0.5) is 10.1 Å². The maximum atomic E-state index is 13.1. The summed E-state index contributed by atoms with van der Waals surface area (Å²) in [6, 6.07) is 10.8. The molecule has 0 atom stereocenters. The van der Waals surface area contributed by atoms with E-state index in [9.17, 15) is 9.18 Å². The van der Waals surface area contributed by atoms with Crippen molar-refractivity contribution >= 4 is 22.7 Å². The predicted octanol–water partition coefficient (Wildman–Crippen LogP) is 4.34. The van der Waals surface area contributed by atoms with E-state index >= 15 is 0 Å². The summed E-state index contributed by atoms with van der Waals surface area (Å²) >= 11 is 0. The highest BCUT2D eigenvalue weighted by Crippen LogP contribution is 2.24. The second kappa shape index (κ2) is 5.60. The summed E-state index contributed by atoms with van der Waals surface area (Å²) in [4.78, 5) is 16.5. The first kappa shape index (κ1) is 14.3. The lowest BCUT2D eigenvalue weighted by molar-refractivity contribution is 0.102. The Balaban J connectivity index is 1.86. The van der Waals surface area contributed by atoms with Crippen LogP contribution in [-0.2, 0) is 0 Å². The van der Waals surface area contributed by atoms with Crippen molar-refractivity contribution in [3.63, 3.8) is 0 Å². The van der Waals surface area contributed by atoms with Crippen LogP contribution < -0.4 is 5.32 Å². The number of hydrogen-bond donors (Lipinski definition) is 1. The summed E-state index contributed by atoms with van der Waals surface area (Å²) in [6.07, 6.45) is 0. The van der Waals surface area contributed by atoms with Gasteiger partial charge in [-0.15, -0.1) is 0 Å². The van der Waals surface area contributed by atoms with Crippen LogP contribution in [0.5, 0.6) is 0 Å². The van der Waals surface area contributed by atoms with E-state index in [0.717, 1.165) is 5.52 Å². The number of oxazole rings is 1. The number of nitrogens with zero attached hydrogens (tertiary/aromatic N) is 1. The number of halogens is 1. The van der Waals surface area contributed by atoms with Gasteiger partial charge in [-0.1, -0.05) is 19.9 Å². The summed E-state index contributed by atoms with van der Waals surface area (Å²) in [6.45, 7) is 3.99. The van der Waals surface area contributed by atoms with Gasteiger partial charge in [0.1, 0.15) is 11.3 Å². The first-order valence-electron chi connectivity index (χ1n) is 7.00. The standard InChI is InChI=1S/C17H15FN2O2/c1-10(2)17-20-14-7-6-13(9-15(14)22-17)19-16(21)11-4-3-5-12(18)8-11/h3-10H,1-2H3,(H,19,21). The Labute approximate surface area is 127 Å². The van der Waals surface area contributed by atoms with E-state index in [0.29, 0.717) is 17.2 Å². The maximum Gasteiger partial charge on any atom is 0.255 e. The molecule has 1 N–H and O–H groups in total. The number of nitrogens with one attached hydrogen (secondary N) is 1. The largest absolute Gasteiger partial charge is 0.440 e. The fourth-order valence-corrected chi connectivity index (χ4v) is 2.10. The van der Waals surface area contributed by atoms with Gasteiger partial charge in [0, 0.05) is 23.2 Å². The maximum absolute atomic E-state index is 13.1. The van der Waals surface area contributed by atoms with Gasteiger partial charge in [0.15, 0.2) is 11.5 Å². The smallest absolute Gasteiger partial charge is 0.255 e. The third kappa shape index (κ3) is 2.83. The SMILES string of the molecule is CC(C)c1nc2ccc(NC(=O)c3cccc(F)c3)cc2o1. The highest BCUT2D eigenvalue weighted by Gasteiger charge is 2.11. The quantitative estimate of drug-likeness (QED) is 0.782. The summed E-state index contributed by atoms with van der Waals surface area (Å²) in [5, 5.41) is 2.72. The number of carbonyl (C=O) groups is 1. The Hall–Kier alpha value is -2.69. The van der Waals surface area contributed by atoms with E-state index in [1.807, 2.05) is 13.8 Å². The van der Waals surface area contributed by atoms with Crippen molar-refractivity contribution in [1.82, 2.24) is 4.98 Å². The molecule has 0 spiro atoms. The number of fused-ring (bicyclic) bond motifs is 1. The monoisotopic (exact) mass is 298 g/mol. The topological polar surface area (TPSA) is 55.1 Å². The zero-order valence-corrected chi connectivity index (χ0v) is 12.3. The first-order chi connectivity index (χ1) is 10.5.